The van der Waals surface area contributed by atoms with E-state index in [1.54, 1.807) is 0 Å². The van der Waals surface area contributed by atoms with E-state index >= 15 is 0 Å². The summed E-state index contributed by atoms with van der Waals surface area (Å²) in [5, 5.41) is 0. The van der Waals surface area contributed by atoms with Gasteiger partial charge in [0, 0.05) is 4.47 Å². The first kappa shape index (κ1) is 16.0. The lowest BCUT2D eigenvalue weighted by atomic mass is 10.1. The van der Waals surface area contributed by atoms with Crippen molar-refractivity contribution in [1.29, 1.82) is 0 Å². The van der Waals surface area contributed by atoms with Gasteiger partial charge in [0.05, 0.1) is 0 Å². The van der Waals surface area contributed by atoms with Gasteiger partial charge in [-0.1, -0.05) is 97.9 Å². The van der Waals surface area contributed by atoms with E-state index in [1.807, 2.05) is 6.07 Å². The highest BCUT2D eigenvalue weighted by atomic mass is 79.9. The molecule has 0 spiro atoms. The minimum Gasteiger partial charge on any atom is -0.0654 e. The number of halogens is 1. The summed E-state index contributed by atoms with van der Waals surface area (Å²) >= 11 is 3.42. The van der Waals surface area contributed by atoms with E-state index in [0.717, 1.165) is 4.47 Å². The molecule has 0 nitrogen and oxygen atoms in total. The third kappa shape index (κ3) is 6.58. The Morgan fingerprint density at radius 3 is 1.63 bits per heavy atom. The number of hydrogen-bond acceptors (Lipinski definition) is 0. The van der Waals surface area contributed by atoms with Gasteiger partial charge in [-0.15, -0.1) is 0 Å². The second-order valence-corrected chi connectivity index (χ2v) is 5.50. The molecule has 2 aromatic rings. The average Bonchev–Trinajstić information content (AvgIpc) is 2.47. The van der Waals surface area contributed by atoms with Crippen LogP contribution in [0.15, 0.2) is 59.1 Å². The van der Waals surface area contributed by atoms with Crippen molar-refractivity contribution in [1.82, 2.24) is 0 Å². The van der Waals surface area contributed by atoms with Gasteiger partial charge in [0.2, 0.25) is 0 Å². The molecule has 0 heterocycles. The van der Waals surface area contributed by atoms with Crippen LogP contribution in [0.4, 0.5) is 0 Å². The zero-order valence-corrected chi connectivity index (χ0v) is 13.5. The number of benzene rings is 2. The van der Waals surface area contributed by atoms with Gasteiger partial charge in [-0.3, -0.25) is 0 Å². The van der Waals surface area contributed by atoms with Crippen LogP contribution in [0.2, 0.25) is 0 Å². The molecule has 2 rings (SSSR count). The molecule has 0 saturated carbocycles. The Morgan fingerprint density at radius 1 is 0.684 bits per heavy atom. The maximum absolute atomic E-state index is 3.42. The summed E-state index contributed by atoms with van der Waals surface area (Å²) in [6.45, 7) is 4.46. The molecule has 0 bridgehead atoms. The van der Waals surface area contributed by atoms with E-state index in [4.69, 9.17) is 0 Å². The predicted octanol–water partition coefficient (Wildman–Crippen LogP) is 6.70. The summed E-state index contributed by atoms with van der Waals surface area (Å²) in [6.07, 6.45) is 5.54. The Labute approximate surface area is 126 Å². The molecule has 0 atom stereocenters. The third-order valence-corrected chi connectivity index (χ3v) is 3.44. The maximum Gasteiger partial charge on any atom is 0.0175 e. The van der Waals surface area contributed by atoms with E-state index in [2.05, 4.69) is 78.3 Å². The van der Waals surface area contributed by atoms with E-state index < -0.39 is 0 Å². The normalized spacial score (nSPS) is 9.63. The van der Waals surface area contributed by atoms with E-state index in [9.17, 15) is 0 Å². The molecule has 0 aromatic heterocycles. The second kappa shape index (κ2) is 9.80. The molecule has 0 fully saturated rings. The fraction of sp³-hybridized carbons (Fsp3) is 0.333. The highest BCUT2D eigenvalue weighted by molar-refractivity contribution is 9.10. The number of rotatable bonds is 4. The lowest BCUT2D eigenvalue weighted by Crippen LogP contribution is -1.75. The van der Waals surface area contributed by atoms with E-state index in [1.165, 1.54) is 36.8 Å². The van der Waals surface area contributed by atoms with Crippen molar-refractivity contribution in [3.63, 3.8) is 0 Å². The molecule has 0 aliphatic rings. The van der Waals surface area contributed by atoms with Crippen molar-refractivity contribution in [2.24, 2.45) is 0 Å². The summed E-state index contributed by atoms with van der Waals surface area (Å²) in [5.41, 5.74) is 2.51. The van der Waals surface area contributed by atoms with Crippen LogP contribution in [0, 0.1) is 0 Å². The molecular weight excluding hydrogens is 296 g/mol. The largest absolute Gasteiger partial charge is 0.0654 e. The summed E-state index contributed by atoms with van der Waals surface area (Å²) < 4.78 is 1.12. The molecule has 102 valence electrons. The minimum atomic E-state index is 1.12. The van der Waals surface area contributed by atoms with E-state index in [-0.39, 0.29) is 0 Å². The van der Waals surface area contributed by atoms with Crippen LogP contribution in [0.5, 0.6) is 0 Å². The van der Waals surface area contributed by atoms with Gasteiger partial charge in [-0.2, -0.15) is 0 Å². The highest BCUT2D eigenvalue weighted by Gasteiger charge is 1.94. The molecule has 19 heavy (non-hydrogen) atoms. The van der Waals surface area contributed by atoms with Crippen LogP contribution >= 0.6 is 15.9 Å². The Kier molecular flexibility index (Phi) is 8.24. The van der Waals surface area contributed by atoms with Crippen LogP contribution in [-0.2, 0) is 0 Å². The van der Waals surface area contributed by atoms with Crippen LogP contribution < -0.4 is 0 Å². The molecule has 0 N–H and O–H groups in total. The Hall–Kier alpha value is -1.08. The van der Waals surface area contributed by atoms with E-state index in [0.29, 0.717) is 0 Å². The van der Waals surface area contributed by atoms with Crippen molar-refractivity contribution in [2.45, 2.75) is 39.5 Å². The minimum absolute atomic E-state index is 1.12. The van der Waals surface area contributed by atoms with Gasteiger partial charge in [-0.05, 0) is 23.3 Å². The Balaban J connectivity index is 0.000000258. The van der Waals surface area contributed by atoms with Crippen LogP contribution in [0.3, 0.4) is 0 Å². The van der Waals surface area contributed by atoms with Crippen LogP contribution in [0.1, 0.15) is 39.5 Å². The molecule has 2 aromatic carbocycles. The first-order chi connectivity index (χ1) is 9.27. The molecule has 1 heteroatoms. The number of hydrogen-bond donors (Lipinski definition) is 0. The van der Waals surface area contributed by atoms with Crippen molar-refractivity contribution in [3.05, 3.63) is 59.1 Å². The maximum atomic E-state index is 3.42. The predicted molar refractivity (Wildman–Crippen MR) is 89.4 cm³/mol. The second-order valence-electron chi connectivity index (χ2n) is 4.58. The Morgan fingerprint density at radius 2 is 1.16 bits per heavy atom. The van der Waals surface area contributed by atoms with Gasteiger partial charge in [0.15, 0.2) is 0 Å². The molecule has 0 saturated heterocycles. The highest BCUT2D eigenvalue weighted by Crippen LogP contribution is 2.20. The summed E-state index contributed by atoms with van der Waals surface area (Å²) in [7, 11) is 0. The first-order valence-corrected chi connectivity index (χ1v) is 7.88. The fourth-order valence-corrected chi connectivity index (χ4v) is 2.04. The summed E-state index contributed by atoms with van der Waals surface area (Å²) in [4.78, 5) is 0. The summed E-state index contributed by atoms with van der Waals surface area (Å²) in [6, 6.07) is 18.7. The van der Waals surface area contributed by atoms with Crippen LogP contribution in [0.25, 0.3) is 11.1 Å². The van der Waals surface area contributed by atoms with Gasteiger partial charge in [0.25, 0.3) is 0 Å². The SMILES string of the molecule is Brc1ccc(-c2ccccc2)cc1.CCCCCC. The molecule has 0 unspecified atom stereocenters. The van der Waals surface area contributed by atoms with Crippen molar-refractivity contribution < 1.29 is 0 Å². The fourth-order valence-electron chi connectivity index (χ4n) is 1.77. The Bertz CT molecular complexity index is 427. The zero-order valence-electron chi connectivity index (χ0n) is 11.9. The summed E-state index contributed by atoms with van der Waals surface area (Å²) in [5.74, 6) is 0. The molecule has 0 amide bonds. The van der Waals surface area contributed by atoms with Crippen LogP contribution in [-0.4, -0.2) is 0 Å². The van der Waals surface area contributed by atoms with Crippen molar-refractivity contribution >= 4 is 15.9 Å². The first-order valence-electron chi connectivity index (χ1n) is 7.09. The molecular formula is C18H23Br. The molecule has 0 aliphatic carbocycles. The van der Waals surface area contributed by atoms with Crippen molar-refractivity contribution in [3.8, 4) is 11.1 Å². The van der Waals surface area contributed by atoms with Gasteiger partial charge in [0.1, 0.15) is 0 Å². The smallest absolute Gasteiger partial charge is 0.0175 e. The topological polar surface area (TPSA) is 0 Å². The van der Waals surface area contributed by atoms with Gasteiger partial charge in [-0.25, -0.2) is 0 Å². The lowest BCUT2D eigenvalue weighted by Gasteiger charge is -2.00. The monoisotopic (exact) mass is 318 g/mol. The lowest BCUT2D eigenvalue weighted by molar-refractivity contribution is 0.702. The molecule has 0 aliphatic heterocycles. The van der Waals surface area contributed by atoms with Gasteiger partial charge < -0.3 is 0 Å². The zero-order chi connectivity index (χ0) is 13.9. The van der Waals surface area contributed by atoms with Crippen molar-refractivity contribution in [2.75, 3.05) is 0 Å². The average molecular weight is 319 g/mol. The third-order valence-electron chi connectivity index (χ3n) is 2.91. The number of unbranched alkanes of at least 4 members (excludes halogenated alkanes) is 3. The quantitative estimate of drug-likeness (QED) is 0.550. The standard InChI is InChI=1S/C12H9Br.C6H14/c13-12-8-6-11(7-9-12)10-4-2-1-3-5-10;1-3-5-6-4-2/h1-9H;3-6H2,1-2H3. The molecule has 0 radical (unpaired) electrons. The van der Waals surface area contributed by atoms with Gasteiger partial charge >= 0.3 is 0 Å².